The number of halogens is 3. The molecule has 0 aromatic heterocycles. The molecule has 82 valence electrons. The van der Waals surface area contributed by atoms with E-state index in [1.54, 1.807) is 0 Å². The highest BCUT2D eigenvalue weighted by molar-refractivity contribution is 5.83. The second-order valence-electron chi connectivity index (χ2n) is 3.72. The summed E-state index contributed by atoms with van der Waals surface area (Å²) in [5.41, 5.74) is 0. The first-order valence-electron chi connectivity index (χ1n) is 4.67. The summed E-state index contributed by atoms with van der Waals surface area (Å²) >= 11 is 0. The van der Waals surface area contributed by atoms with E-state index in [-0.39, 0.29) is 18.8 Å². The molecule has 1 saturated carbocycles. The van der Waals surface area contributed by atoms with Gasteiger partial charge in [0.2, 0.25) is 0 Å². The van der Waals surface area contributed by atoms with Crippen molar-refractivity contribution in [3.8, 4) is 0 Å². The van der Waals surface area contributed by atoms with Crippen molar-refractivity contribution in [3.63, 3.8) is 0 Å². The highest BCUT2D eigenvalue weighted by Gasteiger charge is 2.34. The van der Waals surface area contributed by atoms with Gasteiger partial charge in [0.05, 0.1) is 0 Å². The van der Waals surface area contributed by atoms with Gasteiger partial charge < -0.3 is 5.11 Å². The summed E-state index contributed by atoms with van der Waals surface area (Å²) in [6, 6.07) is 0. The van der Waals surface area contributed by atoms with Crippen LogP contribution in [0, 0.1) is 5.92 Å². The molecule has 2 nitrogen and oxygen atoms in total. The summed E-state index contributed by atoms with van der Waals surface area (Å²) in [6.07, 6.45) is -4.94. The van der Waals surface area contributed by atoms with Gasteiger partial charge >= 0.3 is 6.18 Å². The van der Waals surface area contributed by atoms with E-state index in [2.05, 4.69) is 0 Å². The molecular weight excluding hydrogens is 197 g/mol. The van der Waals surface area contributed by atoms with Crippen LogP contribution in [-0.4, -0.2) is 23.2 Å². The lowest BCUT2D eigenvalue weighted by atomic mass is 10.1. The number of Topliss-reactive ketones (excluding diaryl/α,β-unsaturated/α-hetero) is 1. The molecule has 0 bridgehead atoms. The van der Waals surface area contributed by atoms with Gasteiger partial charge in [0.25, 0.3) is 0 Å². The number of alkyl halides is 3. The van der Waals surface area contributed by atoms with E-state index in [0.717, 1.165) is 12.8 Å². The molecule has 0 saturated heterocycles. The molecule has 0 aromatic carbocycles. The fraction of sp³-hybridized carbons (Fsp3) is 0.889. The molecule has 1 aliphatic rings. The molecule has 5 heteroatoms. The van der Waals surface area contributed by atoms with Crippen LogP contribution in [-0.2, 0) is 4.79 Å². The average Bonchev–Trinajstić information content (AvgIpc) is 2.82. The second-order valence-corrected chi connectivity index (χ2v) is 3.72. The van der Waals surface area contributed by atoms with Crippen LogP contribution in [0.1, 0.15) is 32.1 Å². The van der Waals surface area contributed by atoms with Crippen LogP contribution in [0.2, 0.25) is 0 Å². The van der Waals surface area contributed by atoms with Crippen LogP contribution < -0.4 is 0 Å². The van der Waals surface area contributed by atoms with Crippen LogP contribution in [0.25, 0.3) is 0 Å². The van der Waals surface area contributed by atoms with Gasteiger partial charge in [-0.15, -0.1) is 0 Å². The third-order valence-electron chi connectivity index (χ3n) is 2.28. The molecule has 0 heterocycles. The van der Waals surface area contributed by atoms with Gasteiger partial charge in [-0.05, 0) is 25.2 Å². The fourth-order valence-corrected chi connectivity index (χ4v) is 1.29. The van der Waals surface area contributed by atoms with Gasteiger partial charge in [-0.2, -0.15) is 13.2 Å². The van der Waals surface area contributed by atoms with Crippen molar-refractivity contribution < 1.29 is 23.1 Å². The van der Waals surface area contributed by atoms with Crippen LogP contribution in [0.3, 0.4) is 0 Å². The molecule has 1 aliphatic carbocycles. The summed E-state index contributed by atoms with van der Waals surface area (Å²) in [5.74, 6) is -0.440. The first-order chi connectivity index (χ1) is 6.40. The van der Waals surface area contributed by atoms with E-state index in [1.807, 2.05) is 0 Å². The van der Waals surface area contributed by atoms with E-state index >= 15 is 0 Å². The summed E-state index contributed by atoms with van der Waals surface area (Å²) in [6.45, 7) is 0. The maximum atomic E-state index is 11.7. The molecule has 0 aromatic rings. The Balaban J connectivity index is 2.14. The Hall–Kier alpha value is -0.580. The van der Waals surface area contributed by atoms with Crippen molar-refractivity contribution in [2.24, 2.45) is 5.92 Å². The van der Waals surface area contributed by atoms with Crippen molar-refractivity contribution in [3.05, 3.63) is 0 Å². The molecular formula is C9H13F3O2. The van der Waals surface area contributed by atoms with Crippen LogP contribution >= 0.6 is 0 Å². The molecule has 14 heavy (non-hydrogen) atoms. The van der Waals surface area contributed by atoms with Crippen molar-refractivity contribution >= 4 is 5.78 Å². The minimum absolute atomic E-state index is 0.00777. The van der Waals surface area contributed by atoms with Gasteiger partial charge in [-0.1, -0.05) is 0 Å². The second kappa shape index (κ2) is 4.29. The first-order valence-corrected chi connectivity index (χ1v) is 4.67. The zero-order valence-electron chi connectivity index (χ0n) is 7.68. The molecule has 0 amide bonds. The average molecular weight is 210 g/mol. The predicted molar refractivity (Wildman–Crippen MR) is 43.6 cm³/mol. The molecule has 0 radical (unpaired) electrons. The Morgan fingerprint density at radius 2 is 2.00 bits per heavy atom. The third-order valence-corrected chi connectivity index (χ3v) is 2.28. The number of ketones is 1. The Morgan fingerprint density at radius 3 is 2.43 bits per heavy atom. The number of hydrogen-bond acceptors (Lipinski definition) is 2. The summed E-state index contributed by atoms with van der Waals surface area (Å²) in [5, 5.41) is 9.26. The number of carbonyl (C=O) groups is 1. The summed E-state index contributed by atoms with van der Waals surface area (Å²) in [4.78, 5) is 11.1. The van der Waals surface area contributed by atoms with E-state index in [1.165, 1.54) is 0 Å². The summed E-state index contributed by atoms with van der Waals surface area (Å²) < 4.78 is 35.1. The van der Waals surface area contributed by atoms with Gasteiger partial charge in [0.1, 0.15) is 6.10 Å². The van der Waals surface area contributed by atoms with Crippen molar-refractivity contribution in [1.29, 1.82) is 0 Å². The minimum atomic E-state index is -4.20. The zero-order valence-corrected chi connectivity index (χ0v) is 7.68. The Bertz CT molecular complexity index is 209. The SMILES string of the molecule is O=C(CCCC(F)(F)F)C(O)C1CC1. The largest absolute Gasteiger partial charge is 0.389 e. The maximum absolute atomic E-state index is 11.7. The number of aliphatic hydroxyl groups is 1. The van der Waals surface area contributed by atoms with Crippen LogP contribution in [0.5, 0.6) is 0 Å². The van der Waals surface area contributed by atoms with E-state index in [4.69, 9.17) is 0 Å². The van der Waals surface area contributed by atoms with Gasteiger partial charge in [0.15, 0.2) is 5.78 Å². The van der Waals surface area contributed by atoms with Crippen LogP contribution in [0.15, 0.2) is 0 Å². The van der Waals surface area contributed by atoms with Gasteiger partial charge in [-0.25, -0.2) is 0 Å². The van der Waals surface area contributed by atoms with Crippen LogP contribution in [0.4, 0.5) is 13.2 Å². The highest BCUT2D eigenvalue weighted by Crippen LogP contribution is 2.33. The van der Waals surface area contributed by atoms with Crippen molar-refractivity contribution in [1.82, 2.24) is 0 Å². The van der Waals surface area contributed by atoms with E-state index in [0.29, 0.717) is 0 Å². The standard InChI is InChI=1S/C9H13F3O2/c10-9(11,12)5-1-2-7(13)8(14)6-3-4-6/h6,8,14H,1-5H2. The minimum Gasteiger partial charge on any atom is -0.385 e. The highest BCUT2D eigenvalue weighted by atomic mass is 19.4. The lowest BCUT2D eigenvalue weighted by Gasteiger charge is -2.08. The lowest BCUT2D eigenvalue weighted by Crippen LogP contribution is -2.22. The van der Waals surface area contributed by atoms with Crippen molar-refractivity contribution in [2.75, 3.05) is 0 Å². The molecule has 0 spiro atoms. The topological polar surface area (TPSA) is 37.3 Å². The molecule has 1 fully saturated rings. The number of rotatable bonds is 5. The third kappa shape index (κ3) is 4.09. The molecule has 1 unspecified atom stereocenters. The molecule has 0 aliphatic heterocycles. The maximum Gasteiger partial charge on any atom is 0.389 e. The zero-order chi connectivity index (χ0) is 10.8. The predicted octanol–water partition coefficient (Wildman–Crippen LogP) is 2.06. The first kappa shape index (κ1) is 11.5. The van der Waals surface area contributed by atoms with Gasteiger partial charge in [-0.3, -0.25) is 4.79 Å². The Kier molecular flexibility index (Phi) is 3.53. The smallest absolute Gasteiger partial charge is 0.385 e. The summed E-state index contributed by atoms with van der Waals surface area (Å²) in [7, 11) is 0. The van der Waals surface area contributed by atoms with E-state index in [9.17, 15) is 23.1 Å². The Labute approximate surface area is 80.1 Å². The number of aliphatic hydroxyl groups excluding tert-OH is 1. The quantitative estimate of drug-likeness (QED) is 0.754. The van der Waals surface area contributed by atoms with Gasteiger partial charge in [0, 0.05) is 12.8 Å². The molecule has 1 rings (SSSR count). The fourth-order valence-electron chi connectivity index (χ4n) is 1.29. The molecule has 1 N–H and O–H groups in total. The molecule has 1 atom stereocenters. The number of carbonyl (C=O) groups excluding carboxylic acids is 1. The normalized spacial score (nSPS) is 19.4. The number of hydrogen-bond donors (Lipinski definition) is 1. The van der Waals surface area contributed by atoms with Crippen molar-refractivity contribution in [2.45, 2.75) is 44.4 Å². The lowest BCUT2D eigenvalue weighted by molar-refractivity contribution is -0.139. The monoisotopic (exact) mass is 210 g/mol. The Morgan fingerprint density at radius 1 is 1.43 bits per heavy atom. The van der Waals surface area contributed by atoms with E-state index < -0.39 is 24.5 Å².